The molecule has 0 radical (unpaired) electrons. The molecule has 4 heteroatoms. The van der Waals surface area contributed by atoms with Gasteiger partial charge >= 0.3 is 0 Å². The number of nitrogens with zero attached hydrogens (tertiary/aromatic N) is 2. The average molecular weight is 234 g/mol. The van der Waals surface area contributed by atoms with Crippen molar-refractivity contribution in [2.75, 3.05) is 17.6 Å². The Labute approximate surface area is 103 Å². The Morgan fingerprint density at radius 1 is 1.35 bits per heavy atom. The third-order valence-corrected chi connectivity index (χ3v) is 3.94. The lowest BCUT2D eigenvalue weighted by Gasteiger charge is -2.29. The molecule has 1 saturated carbocycles. The number of nitrogens with two attached hydrogens (primary N) is 1. The van der Waals surface area contributed by atoms with Crippen LogP contribution in [0.25, 0.3) is 0 Å². The lowest BCUT2D eigenvalue weighted by Crippen LogP contribution is -2.25. The Morgan fingerprint density at radius 2 is 2.12 bits per heavy atom. The minimum absolute atomic E-state index is 0.569. The van der Waals surface area contributed by atoms with Gasteiger partial charge in [0.15, 0.2) is 0 Å². The van der Waals surface area contributed by atoms with Gasteiger partial charge in [0.2, 0.25) is 0 Å². The van der Waals surface area contributed by atoms with Gasteiger partial charge in [0.25, 0.3) is 0 Å². The number of aromatic nitrogens is 2. The zero-order valence-electron chi connectivity index (χ0n) is 10.7. The minimum atomic E-state index is 0.569. The second-order valence-corrected chi connectivity index (χ2v) is 5.14. The molecule has 17 heavy (non-hydrogen) atoms. The van der Waals surface area contributed by atoms with E-state index in [2.05, 4.69) is 22.2 Å². The molecule has 2 atom stereocenters. The minimum Gasteiger partial charge on any atom is -0.383 e. The first-order chi connectivity index (χ1) is 8.18. The van der Waals surface area contributed by atoms with Crippen molar-refractivity contribution in [2.45, 2.75) is 39.5 Å². The maximum atomic E-state index is 5.77. The predicted molar refractivity (Wildman–Crippen MR) is 70.8 cm³/mol. The van der Waals surface area contributed by atoms with E-state index in [1.165, 1.54) is 32.0 Å². The molecule has 4 nitrogen and oxygen atoms in total. The fraction of sp³-hybridized carbons (Fsp3) is 0.692. The summed E-state index contributed by atoms with van der Waals surface area (Å²) >= 11 is 0. The van der Waals surface area contributed by atoms with Gasteiger partial charge in [0.05, 0.1) is 0 Å². The van der Waals surface area contributed by atoms with Crippen molar-refractivity contribution < 1.29 is 0 Å². The fourth-order valence-electron chi connectivity index (χ4n) is 2.57. The molecule has 1 aliphatic rings. The molecule has 1 aliphatic carbocycles. The van der Waals surface area contributed by atoms with Gasteiger partial charge in [0.1, 0.15) is 18.0 Å². The number of anilines is 2. The van der Waals surface area contributed by atoms with E-state index in [1.54, 1.807) is 0 Å². The van der Waals surface area contributed by atoms with E-state index in [4.69, 9.17) is 5.73 Å². The first kappa shape index (κ1) is 12.1. The first-order valence-electron chi connectivity index (χ1n) is 6.49. The molecule has 0 aliphatic heterocycles. The van der Waals surface area contributed by atoms with Crippen LogP contribution in [0.1, 0.15) is 38.2 Å². The molecule has 2 rings (SSSR count). The molecule has 0 saturated heterocycles. The summed E-state index contributed by atoms with van der Waals surface area (Å²) in [7, 11) is 0. The summed E-state index contributed by atoms with van der Waals surface area (Å²) in [6, 6.07) is 0. The van der Waals surface area contributed by atoms with Crippen LogP contribution in [0.5, 0.6) is 0 Å². The second-order valence-electron chi connectivity index (χ2n) is 5.14. The zero-order chi connectivity index (χ0) is 12.3. The summed E-state index contributed by atoms with van der Waals surface area (Å²) in [5, 5.41) is 3.42. The lowest BCUT2D eigenvalue weighted by molar-refractivity contribution is 0.268. The van der Waals surface area contributed by atoms with Crippen LogP contribution in [0.15, 0.2) is 6.33 Å². The van der Waals surface area contributed by atoms with Gasteiger partial charge in [-0.15, -0.1) is 0 Å². The van der Waals surface area contributed by atoms with Crippen molar-refractivity contribution >= 4 is 11.6 Å². The highest BCUT2D eigenvalue weighted by Gasteiger charge is 2.21. The standard InChI is InChI=1S/C13H22N4/c1-9-5-3-4-6-11(9)7-15-13-10(2)12(14)16-8-17-13/h8-9,11H,3-7H2,1-2H3,(H3,14,15,16,17). The molecule has 1 fully saturated rings. The van der Waals surface area contributed by atoms with Crippen LogP contribution in [-0.4, -0.2) is 16.5 Å². The van der Waals surface area contributed by atoms with Gasteiger partial charge in [-0.2, -0.15) is 0 Å². The third kappa shape index (κ3) is 2.87. The van der Waals surface area contributed by atoms with Crippen LogP contribution in [0.2, 0.25) is 0 Å². The Kier molecular flexibility index (Phi) is 3.82. The van der Waals surface area contributed by atoms with Crippen molar-refractivity contribution in [3.05, 3.63) is 11.9 Å². The van der Waals surface area contributed by atoms with Crippen molar-refractivity contribution in [3.63, 3.8) is 0 Å². The predicted octanol–water partition coefficient (Wildman–Crippen LogP) is 2.61. The Balaban J connectivity index is 1.95. The van der Waals surface area contributed by atoms with Gasteiger partial charge in [0, 0.05) is 12.1 Å². The molecule has 1 aromatic rings. The lowest BCUT2D eigenvalue weighted by atomic mass is 9.80. The molecule has 0 amide bonds. The van der Waals surface area contributed by atoms with Crippen molar-refractivity contribution in [3.8, 4) is 0 Å². The molecule has 2 unspecified atom stereocenters. The second kappa shape index (κ2) is 5.34. The molecular formula is C13H22N4. The highest BCUT2D eigenvalue weighted by atomic mass is 15.0. The van der Waals surface area contributed by atoms with Crippen molar-refractivity contribution in [1.82, 2.24) is 9.97 Å². The van der Waals surface area contributed by atoms with E-state index >= 15 is 0 Å². The molecule has 0 aromatic carbocycles. The van der Waals surface area contributed by atoms with E-state index in [0.29, 0.717) is 5.82 Å². The van der Waals surface area contributed by atoms with Gasteiger partial charge < -0.3 is 11.1 Å². The molecule has 3 N–H and O–H groups in total. The van der Waals surface area contributed by atoms with E-state index in [0.717, 1.165) is 29.8 Å². The Hall–Kier alpha value is -1.32. The molecule has 94 valence electrons. The number of hydrogen-bond acceptors (Lipinski definition) is 4. The number of rotatable bonds is 3. The third-order valence-electron chi connectivity index (χ3n) is 3.94. The average Bonchev–Trinajstić information content (AvgIpc) is 2.33. The van der Waals surface area contributed by atoms with E-state index < -0.39 is 0 Å². The van der Waals surface area contributed by atoms with Gasteiger partial charge in [-0.1, -0.05) is 26.2 Å². The van der Waals surface area contributed by atoms with Gasteiger partial charge in [-0.25, -0.2) is 9.97 Å². The summed E-state index contributed by atoms with van der Waals surface area (Å²) in [5.41, 5.74) is 6.72. The summed E-state index contributed by atoms with van der Waals surface area (Å²) < 4.78 is 0. The molecule has 1 aromatic heterocycles. The van der Waals surface area contributed by atoms with Crippen molar-refractivity contribution in [2.24, 2.45) is 11.8 Å². The Bertz CT molecular complexity index is 378. The largest absolute Gasteiger partial charge is 0.383 e. The molecular weight excluding hydrogens is 212 g/mol. The molecule has 0 spiro atoms. The quantitative estimate of drug-likeness (QED) is 0.843. The summed E-state index contributed by atoms with van der Waals surface area (Å²) in [5.74, 6) is 3.03. The fourth-order valence-corrected chi connectivity index (χ4v) is 2.57. The maximum absolute atomic E-state index is 5.77. The summed E-state index contributed by atoms with van der Waals surface area (Å²) in [4.78, 5) is 8.22. The van der Waals surface area contributed by atoms with E-state index in [1.807, 2.05) is 6.92 Å². The van der Waals surface area contributed by atoms with E-state index in [-0.39, 0.29) is 0 Å². The maximum Gasteiger partial charge on any atom is 0.134 e. The Morgan fingerprint density at radius 3 is 2.88 bits per heavy atom. The number of nitrogens with one attached hydrogen (secondary N) is 1. The smallest absolute Gasteiger partial charge is 0.134 e. The number of hydrogen-bond donors (Lipinski definition) is 2. The van der Waals surface area contributed by atoms with Crippen LogP contribution in [-0.2, 0) is 0 Å². The molecule has 1 heterocycles. The number of nitrogen functional groups attached to an aromatic ring is 1. The monoisotopic (exact) mass is 234 g/mol. The highest BCUT2D eigenvalue weighted by Crippen LogP contribution is 2.29. The summed E-state index contributed by atoms with van der Waals surface area (Å²) in [6.07, 6.45) is 6.96. The first-order valence-corrected chi connectivity index (χ1v) is 6.49. The highest BCUT2D eigenvalue weighted by molar-refractivity contribution is 5.53. The zero-order valence-corrected chi connectivity index (χ0v) is 10.7. The van der Waals surface area contributed by atoms with Crippen LogP contribution in [0, 0.1) is 18.8 Å². The SMILES string of the molecule is Cc1c(N)ncnc1NCC1CCCCC1C. The van der Waals surface area contributed by atoms with Crippen LogP contribution >= 0.6 is 0 Å². The van der Waals surface area contributed by atoms with Gasteiger partial charge in [-0.3, -0.25) is 0 Å². The van der Waals surface area contributed by atoms with Crippen LogP contribution in [0.3, 0.4) is 0 Å². The van der Waals surface area contributed by atoms with Crippen LogP contribution in [0.4, 0.5) is 11.6 Å². The van der Waals surface area contributed by atoms with Crippen molar-refractivity contribution in [1.29, 1.82) is 0 Å². The summed E-state index contributed by atoms with van der Waals surface area (Å²) in [6.45, 7) is 5.31. The van der Waals surface area contributed by atoms with Crippen LogP contribution < -0.4 is 11.1 Å². The van der Waals surface area contributed by atoms with Gasteiger partial charge in [-0.05, 0) is 25.2 Å². The normalized spacial score (nSPS) is 24.6. The van der Waals surface area contributed by atoms with E-state index in [9.17, 15) is 0 Å². The topological polar surface area (TPSA) is 63.8 Å². The molecule has 0 bridgehead atoms.